The summed E-state index contributed by atoms with van der Waals surface area (Å²) < 4.78 is 40.0. The van der Waals surface area contributed by atoms with Crippen LogP contribution in [-0.2, 0) is 4.74 Å². The van der Waals surface area contributed by atoms with Crippen molar-refractivity contribution in [1.29, 1.82) is 0 Å². The molecular weight excluding hydrogens is 231 g/mol. The summed E-state index contributed by atoms with van der Waals surface area (Å²) in [6.07, 6.45) is 0.733. The van der Waals surface area contributed by atoms with Gasteiger partial charge in [0.05, 0.1) is 13.2 Å². The van der Waals surface area contributed by atoms with Crippen LogP contribution in [0.1, 0.15) is 6.42 Å². The van der Waals surface area contributed by atoms with Crippen LogP contribution in [0.5, 0.6) is 0 Å². The molecule has 0 aromatic carbocycles. The fourth-order valence-corrected chi connectivity index (χ4v) is 1.31. The van der Waals surface area contributed by atoms with E-state index in [1.54, 1.807) is 0 Å². The molecule has 2 N–H and O–H groups in total. The zero-order valence-corrected chi connectivity index (χ0v) is 9.16. The summed E-state index contributed by atoms with van der Waals surface area (Å²) in [4.78, 5) is 0. The van der Waals surface area contributed by atoms with Gasteiger partial charge in [0.2, 0.25) is 0 Å². The number of aliphatic hydroxyl groups excluding tert-OH is 1. The van der Waals surface area contributed by atoms with E-state index in [4.69, 9.17) is 9.84 Å². The first-order valence-corrected chi connectivity index (χ1v) is 5.65. The average Bonchev–Trinajstić information content (AvgIpc) is 2.14. The third-order valence-corrected chi connectivity index (χ3v) is 2.16. The van der Waals surface area contributed by atoms with E-state index in [0.717, 1.165) is 6.42 Å². The van der Waals surface area contributed by atoms with Gasteiger partial charge < -0.3 is 15.2 Å². The van der Waals surface area contributed by atoms with Gasteiger partial charge in [-0.15, -0.1) is 0 Å². The van der Waals surface area contributed by atoms with Gasteiger partial charge in [0.1, 0.15) is 0 Å². The standard InChI is InChI=1S/C8H16F3NO2S/c9-8(10,11)15-7-3-12-2-1-5-14-6-4-13/h12-13H,1-7H2. The third kappa shape index (κ3) is 14.0. The predicted octanol–water partition coefficient (Wildman–Crippen LogP) is 1.23. The van der Waals surface area contributed by atoms with E-state index < -0.39 is 5.51 Å². The Labute approximate surface area is 91.4 Å². The van der Waals surface area contributed by atoms with Crippen molar-refractivity contribution >= 4 is 11.8 Å². The second kappa shape index (κ2) is 9.26. The molecule has 0 fully saturated rings. The van der Waals surface area contributed by atoms with Crippen molar-refractivity contribution in [1.82, 2.24) is 5.32 Å². The van der Waals surface area contributed by atoms with Crippen molar-refractivity contribution < 1.29 is 23.0 Å². The van der Waals surface area contributed by atoms with Gasteiger partial charge in [-0.3, -0.25) is 0 Å². The van der Waals surface area contributed by atoms with Crippen molar-refractivity contribution in [3.8, 4) is 0 Å². The topological polar surface area (TPSA) is 41.5 Å². The second-order valence-corrected chi connectivity index (χ2v) is 3.89. The fraction of sp³-hybridized carbons (Fsp3) is 1.00. The Morgan fingerprint density at radius 3 is 2.53 bits per heavy atom. The van der Waals surface area contributed by atoms with Crippen LogP contribution >= 0.6 is 11.8 Å². The van der Waals surface area contributed by atoms with Gasteiger partial charge in [-0.2, -0.15) is 13.2 Å². The van der Waals surface area contributed by atoms with Crippen LogP contribution in [0, 0.1) is 0 Å². The number of hydrogen-bond acceptors (Lipinski definition) is 4. The predicted molar refractivity (Wildman–Crippen MR) is 53.9 cm³/mol. The van der Waals surface area contributed by atoms with Gasteiger partial charge in [0.15, 0.2) is 0 Å². The van der Waals surface area contributed by atoms with Gasteiger partial charge in [-0.05, 0) is 24.7 Å². The monoisotopic (exact) mass is 247 g/mol. The number of nitrogens with one attached hydrogen (secondary N) is 1. The lowest BCUT2D eigenvalue weighted by molar-refractivity contribution is -0.0327. The summed E-state index contributed by atoms with van der Waals surface area (Å²) in [6, 6.07) is 0. The molecule has 0 aliphatic heterocycles. The maximum atomic E-state index is 11.7. The summed E-state index contributed by atoms with van der Waals surface area (Å²) >= 11 is -0.0213. The Balaban J connectivity index is 2.99. The van der Waals surface area contributed by atoms with E-state index in [2.05, 4.69) is 5.32 Å². The number of aliphatic hydroxyl groups is 1. The summed E-state index contributed by atoms with van der Waals surface area (Å²) in [5, 5.41) is 11.2. The lowest BCUT2D eigenvalue weighted by atomic mass is 10.4. The minimum absolute atomic E-state index is 0.00431. The largest absolute Gasteiger partial charge is 0.441 e. The molecule has 0 aliphatic rings. The summed E-state index contributed by atoms with van der Waals surface area (Å²) in [6.45, 7) is 1.79. The van der Waals surface area contributed by atoms with Crippen LogP contribution in [0.4, 0.5) is 13.2 Å². The number of halogens is 3. The van der Waals surface area contributed by atoms with Crippen molar-refractivity contribution in [3.63, 3.8) is 0 Å². The molecule has 0 rings (SSSR count). The van der Waals surface area contributed by atoms with E-state index in [-0.39, 0.29) is 24.1 Å². The Morgan fingerprint density at radius 1 is 1.20 bits per heavy atom. The van der Waals surface area contributed by atoms with Crippen LogP contribution in [0.15, 0.2) is 0 Å². The SMILES string of the molecule is OCCOCCCNCCSC(F)(F)F. The number of rotatable bonds is 9. The first-order chi connectivity index (χ1) is 7.06. The molecule has 0 aliphatic carbocycles. The normalized spacial score (nSPS) is 12.0. The molecule has 0 radical (unpaired) electrons. The molecule has 0 aromatic heterocycles. The average molecular weight is 247 g/mol. The number of hydrogen-bond donors (Lipinski definition) is 2. The molecule has 7 heteroatoms. The van der Waals surface area contributed by atoms with Crippen molar-refractivity contribution in [3.05, 3.63) is 0 Å². The van der Waals surface area contributed by atoms with Crippen LogP contribution < -0.4 is 5.32 Å². The van der Waals surface area contributed by atoms with E-state index in [0.29, 0.717) is 26.3 Å². The Morgan fingerprint density at radius 2 is 1.93 bits per heavy atom. The molecule has 0 unspecified atom stereocenters. The van der Waals surface area contributed by atoms with E-state index >= 15 is 0 Å². The molecule has 0 spiro atoms. The Kier molecular flexibility index (Phi) is 9.27. The minimum atomic E-state index is -4.13. The second-order valence-electron chi connectivity index (χ2n) is 2.73. The zero-order valence-electron chi connectivity index (χ0n) is 8.35. The molecule has 0 atom stereocenters. The molecule has 0 saturated carbocycles. The van der Waals surface area contributed by atoms with Crippen molar-refractivity contribution in [2.75, 3.05) is 38.7 Å². The van der Waals surface area contributed by atoms with Gasteiger partial charge in [0, 0.05) is 18.9 Å². The highest BCUT2D eigenvalue weighted by molar-refractivity contribution is 8.00. The lowest BCUT2D eigenvalue weighted by Gasteiger charge is -2.06. The van der Waals surface area contributed by atoms with Crippen molar-refractivity contribution in [2.45, 2.75) is 11.9 Å². The summed E-state index contributed by atoms with van der Waals surface area (Å²) in [5.41, 5.74) is -4.13. The molecule has 3 nitrogen and oxygen atoms in total. The zero-order chi connectivity index (χ0) is 11.6. The maximum Gasteiger partial charge on any atom is 0.441 e. The fourth-order valence-electron chi connectivity index (χ4n) is 0.830. The first-order valence-electron chi connectivity index (χ1n) is 4.66. The molecule has 0 saturated heterocycles. The minimum Gasteiger partial charge on any atom is -0.394 e. The highest BCUT2D eigenvalue weighted by atomic mass is 32.2. The van der Waals surface area contributed by atoms with Crippen LogP contribution in [0.25, 0.3) is 0 Å². The van der Waals surface area contributed by atoms with Gasteiger partial charge in [0.25, 0.3) is 0 Å². The molecule has 0 amide bonds. The molecule has 15 heavy (non-hydrogen) atoms. The molecule has 92 valence electrons. The third-order valence-electron chi connectivity index (χ3n) is 1.42. The van der Waals surface area contributed by atoms with Crippen LogP contribution in [0.3, 0.4) is 0 Å². The lowest BCUT2D eigenvalue weighted by Crippen LogP contribution is -2.21. The van der Waals surface area contributed by atoms with Crippen molar-refractivity contribution in [2.24, 2.45) is 0 Å². The first kappa shape index (κ1) is 15.0. The number of alkyl halides is 3. The summed E-state index contributed by atoms with van der Waals surface area (Å²) in [7, 11) is 0. The molecular formula is C8H16F3NO2S. The Bertz CT molecular complexity index is 146. The quantitative estimate of drug-likeness (QED) is 0.601. The number of ether oxygens (including phenoxy) is 1. The maximum absolute atomic E-state index is 11.7. The highest BCUT2D eigenvalue weighted by Gasteiger charge is 2.27. The van der Waals surface area contributed by atoms with Gasteiger partial charge in [-0.25, -0.2) is 0 Å². The smallest absolute Gasteiger partial charge is 0.394 e. The van der Waals surface area contributed by atoms with E-state index in [1.807, 2.05) is 0 Å². The van der Waals surface area contributed by atoms with Gasteiger partial charge in [-0.1, -0.05) is 0 Å². The molecule has 0 bridgehead atoms. The van der Waals surface area contributed by atoms with E-state index in [9.17, 15) is 13.2 Å². The highest BCUT2D eigenvalue weighted by Crippen LogP contribution is 2.29. The van der Waals surface area contributed by atoms with E-state index in [1.165, 1.54) is 0 Å². The van der Waals surface area contributed by atoms with Crippen LogP contribution in [0.2, 0.25) is 0 Å². The molecule has 0 aromatic rings. The molecule has 0 heterocycles. The summed E-state index contributed by atoms with van der Waals surface area (Å²) in [5.74, 6) is 0.0288. The number of thioether (sulfide) groups is 1. The van der Waals surface area contributed by atoms with Crippen LogP contribution in [-0.4, -0.2) is 49.3 Å². The Hall–Kier alpha value is 0.0200. The van der Waals surface area contributed by atoms with Gasteiger partial charge >= 0.3 is 5.51 Å².